The Morgan fingerprint density at radius 1 is 1.06 bits per heavy atom. The summed E-state index contributed by atoms with van der Waals surface area (Å²) in [6.45, 7) is 9.55. The number of rotatable bonds is 8. The summed E-state index contributed by atoms with van der Waals surface area (Å²) in [4.78, 5) is 29.0. The molecule has 1 amide bonds. The van der Waals surface area contributed by atoms with Crippen LogP contribution in [0.15, 0.2) is 35.1 Å². The third kappa shape index (κ3) is 5.06. The summed E-state index contributed by atoms with van der Waals surface area (Å²) < 4.78 is 3.13. The van der Waals surface area contributed by atoms with Gasteiger partial charge in [0.05, 0.1) is 22.5 Å². The monoisotopic (exact) mass is 464 g/mol. The van der Waals surface area contributed by atoms with Gasteiger partial charge in [0.15, 0.2) is 0 Å². The van der Waals surface area contributed by atoms with E-state index in [0.29, 0.717) is 29.6 Å². The van der Waals surface area contributed by atoms with Crippen molar-refractivity contribution in [2.24, 2.45) is 0 Å². The van der Waals surface area contributed by atoms with Crippen LogP contribution in [-0.2, 0) is 4.79 Å². The third-order valence-electron chi connectivity index (χ3n) is 6.77. The number of hydrogen-bond donors (Lipinski definition) is 1. The average molecular weight is 465 g/mol. The van der Waals surface area contributed by atoms with Gasteiger partial charge in [0, 0.05) is 6.54 Å². The van der Waals surface area contributed by atoms with Gasteiger partial charge in [0.2, 0.25) is 5.91 Å². The summed E-state index contributed by atoms with van der Waals surface area (Å²) in [6.07, 6.45) is 6.57. The first-order valence-electron chi connectivity index (χ1n) is 12.6. The molecule has 3 aromatic rings. The lowest BCUT2D eigenvalue weighted by Gasteiger charge is -2.20. The minimum absolute atomic E-state index is 0.153. The maximum absolute atomic E-state index is 13.5. The molecule has 2 aromatic heterocycles. The summed E-state index contributed by atoms with van der Waals surface area (Å²) in [5.41, 5.74) is 2.58. The first-order chi connectivity index (χ1) is 16.5. The quantitative estimate of drug-likeness (QED) is 0.516. The van der Waals surface area contributed by atoms with Crippen LogP contribution < -0.4 is 10.9 Å². The number of carbonyl (C=O) groups excluding carboxylic acids is 1. The van der Waals surface area contributed by atoms with Gasteiger partial charge in [-0.25, -0.2) is 9.36 Å². The molecule has 0 aliphatic carbocycles. The van der Waals surface area contributed by atoms with Crippen molar-refractivity contribution in [1.82, 2.24) is 29.8 Å². The molecular formula is C26H36N6O2. The van der Waals surface area contributed by atoms with Crippen molar-refractivity contribution in [3.05, 3.63) is 52.1 Å². The van der Waals surface area contributed by atoms with Gasteiger partial charge in [-0.2, -0.15) is 10.2 Å². The smallest absolute Gasteiger partial charge is 0.278 e. The number of hydrogen-bond acceptors (Lipinski definition) is 5. The van der Waals surface area contributed by atoms with Gasteiger partial charge in [0.25, 0.3) is 5.56 Å². The summed E-state index contributed by atoms with van der Waals surface area (Å²) in [6, 6.07) is 9.08. The minimum atomic E-state index is -0.645. The van der Waals surface area contributed by atoms with E-state index in [9.17, 15) is 9.59 Å². The molecule has 0 spiro atoms. The Kier molecular flexibility index (Phi) is 7.77. The van der Waals surface area contributed by atoms with Crippen LogP contribution in [0.1, 0.15) is 62.9 Å². The second kappa shape index (κ2) is 11.0. The lowest BCUT2D eigenvalue weighted by atomic mass is 10.2. The first kappa shape index (κ1) is 24.1. The fraction of sp³-hybridized carbons (Fsp3) is 0.538. The fourth-order valence-corrected chi connectivity index (χ4v) is 4.87. The number of para-hydroxylation sites is 1. The lowest BCUT2D eigenvalue weighted by molar-refractivity contribution is -0.124. The molecule has 1 fully saturated rings. The van der Waals surface area contributed by atoms with E-state index in [1.165, 1.54) is 30.4 Å². The van der Waals surface area contributed by atoms with E-state index in [1.54, 1.807) is 4.68 Å². The lowest BCUT2D eigenvalue weighted by Crippen LogP contribution is -2.39. The summed E-state index contributed by atoms with van der Waals surface area (Å²) in [5.74, 6) is -0.153. The molecule has 3 heterocycles. The Bertz CT molecular complexity index is 1180. The van der Waals surface area contributed by atoms with Crippen molar-refractivity contribution < 1.29 is 4.79 Å². The van der Waals surface area contributed by atoms with Gasteiger partial charge in [-0.05, 0) is 71.3 Å². The number of aryl methyl sites for hydroxylation is 2. The van der Waals surface area contributed by atoms with Crippen LogP contribution in [0.5, 0.6) is 0 Å². The van der Waals surface area contributed by atoms with Crippen LogP contribution in [0.2, 0.25) is 0 Å². The molecule has 0 bridgehead atoms. The number of benzene rings is 1. The van der Waals surface area contributed by atoms with E-state index in [0.717, 1.165) is 37.4 Å². The SMILES string of the molecule is CC[C@H](C(=O)NCCCN1CCCCCC1)n1nc(C)c2nn(-c3ccccc3)c(C)c2c1=O. The number of fused-ring (bicyclic) bond motifs is 1. The van der Waals surface area contributed by atoms with E-state index in [4.69, 9.17) is 0 Å². The second-order valence-electron chi connectivity index (χ2n) is 9.22. The molecule has 4 rings (SSSR count). The highest BCUT2D eigenvalue weighted by Gasteiger charge is 2.25. The molecule has 1 aliphatic heterocycles. The van der Waals surface area contributed by atoms with Gasteiger partial charge in [-0.15, -0.1) is 0 Å². The van der Waals surface area contributed by atoms with Crippen LogP contribution in [0.4, 0.5) is 0 Å². The predicted molar refractivity (Wildman–Crippen MR) is 134 cm³/mol. The molecule has 0 saturated carbocycles. The highest BCUT2D eigenvalue weighted by Crippen LogP contribution is 2.21. The molecule has 1 aliphatic rings. The van der Waals surface area contributed by atoms with Crippen LogP contribution in [0.3, 0.4) is 0 Å². The Morgan fingerprint density at radius 3 is 2.44 bits per heavy atom. The van der Waals surface area contributed by atoms with Crippen molar-refractivity contribution in [2.75, 3.05) is 26.2 Å². The number of nitrogens with zero attached hydrogens (tertiary/aromatic N) is 5. The molecule has 0 unspecified atom stereocenters. The standard InChI is InChI=1S/C26H36N6O2/c1-4-22(25(33)27-15-12-18-30-16-10-5-6-11-17-30)32-26(34)23-20(3)31(21-13-8-7-9-14-21)29-24(23)19(2)28-32/h7-9,13-14,22H,4-6,10-12,15-18H2,1-3H3,(H,27,33)/t22-/m1/s1. The third-order valence-corrected chi connectivity index (χ3v) is 6.77. The topological polar surface area (TPSA) is 85.1 Å². The first-order valence-corrected chi connectivity index (χ1v) is 12.6. The molecule has 182 valence electrons. The van der Waals surface area contributed by atoms with E-state index >= 15 is 0 Å². The van der Waals surface area contributed by atoms with E-state index in [1.807, 2.05) is 51.1 Å². The van der Waals surface area contributed by atoms with Crippen LogP contribution in [0.25, 0.3) is 16.6 Å². The van der Waals surface area contributed by atoms with Crippen LogP contribution in [-0.4, -0.2) is 56.5 Å². The minimum Gasteiger partial charge on any atom is -0.354 e. The largest absolute Gasteiger partial charge is 0.354 e. The zero-order chi connectivity index (χ0) is 24.1. The van der Waals surface area contributed by atoms with Gasteiger partial charge in [0.1, 0.15) is 11.6 Å². The van der Waals surface area contributed by atoms with Gasteiger partial charge < -0.3 is 10.2 Å². The van der Waals surface area contributed by atoms with Crippen molar-refractivity contribution in [2.45, 2.75) is 65.3 Å². The van der Waals surface area contributed by atoms with Crippen molar-refractivity contribution in [1.29, 1.82) is 0 Å². The molecule has 0 radical (unpaired) electrons. The van der Waals surface area contributed by atoms with Gasteiger partial charge in [-0.3, -0.25) is 9.59 Å². The fourth-order valence-electron chi connectivity index (χ4n) is 4.87. The Morgan fingerprint density at radius 2 is 1.76 bits per heavy atom. The Hall–Kier alpha value is -3.00. The second-order valence-corrected chi connectivity index (χ2v) is 9.22. The number of carbonyl (C=O) groups is 1. The van der Waals surface area contributed by atoms with Crippen molar-refractivity contribution >= 4 is 16.8 Å². The highest BCUT2D eigenvalue weighted by atomic mass is 16.2. The Balaban J connectivity index is 1.51. The molecule has 8 nitrogen and oxygen atoms in total. The molecule has 34 heavy (non-hydrogen) atoms. The molecular weight excluding hydrogens is 428 g/mol. The van der Waals surface area contributed by atoms with E-state index < -0.39 is 6.04 Å². The number of nitrogens with one attached hydrogen (secondary N) is 1. The zero-order valence-corrected chi connectivity index (χ0v) is 20.6. The highest BCUT2D eigenvalue weighted by molar-refractivity contribution is 5.84. The van der Waals surface area contributed by atoms with Crippen LogP contribution >= 0.6 is 0 Å². The molecule has 1 aromatic carbocycles. The molecule has 1 N–H and O–H groups in total. The van der Waals surface area contributed by atoms with Crippen LogP contribution in [0, 0.1) is 13.8 Å². The van der Waals surface area contributed by atoms with Crippen molar-refractivity contribution in [3.8, 4) is 5.69 Å². The predicted octanol–water partition coefficient (Wildman–Crippen LogP) is 3.53. The summed E-state index contributed by atoms with van der Waals surface area (Å²) in [7, 11) is 0. The van der Waals surface area contributed by atoms with E-state index in [-0.39, 0.29) is 11.5 Å². The maximum Gasteiger partial charge on any atom is 0.278 e. The average Bonchev–Trinajstić information content (AvgIpc) is 3.01. The zero-order valence-electron chi connectivity index (χ0n) is 20.6. The summed E-state index contributed by atoms with van der Waals surface area (Å²) in [5, 5.41) is 12.7. The number of amides is 1. The molecule has 1 atom stereocenters. The molecule has 1 saturated heterocycles. The normalized spacial score (nSPS) is 15.9. The van der Waals surface area contributed by atoms with Gasteiger partial charge >= 0.3 is 0 Å². The van der Waals surface area contributed by atoms with Crippen molar-refractivity contribution in [3.63, 3.8) is 0 Å². The summed E-state index contributed by atoms with van der Waals surface area (Å²) >= 11 is 0. The molecule has 8 heteroatoms. The number of likely N-dealkylation sites (tertiary alicyclic amines) is 1. The number of aromatic nitrogens is 4. The van der Waals surface area contributed by atoms with Gasteiger partial charge in [-0.1, -0.05) is 38.0 Å². The Labute approximate surface area is 200 Å². The maximum atomic E-state index is 13.5. The van der Waals surface area contributed by atoms with E-state index in [2.05, 4.69) is 20.4 Å².